The number of carbonyl (C=O) groups is 1. The summed E-state index contributed by atoms with van der Waals surface area (Å²) in [5.41, 5.74) is 6.04. The maximum atomic E-state index is 13.9. The Morgan fingerprint density at radius 3 is 2.42 bits per heavy atom. The van der Waals surface area contributed by atoms with Gasteiger partial charge in [0.25, 0.3) is 0 Å². The van der Waals surface area contributed by atoms with Crippen molar-refractivity contribution in [1.82, 2.24) is 0 Å². The van der Waals surface area contributed by atoms with Crippen LogP contribution in [0, 0.1) is 11.7 Å². The van der Waals surface area contributed by atoms with Crippen LogP contribution in [0.1, 0.15) is 11.5 Å². The topological polar surface area (TPSA) is 55.1 Å². The van der Waals surface area contributed by atoms with Crippen LogP contribution < -0.4 is 11.1 Å². The zero-order valence-corrected chi connectivity index (χ0v) is 15.0. The molecule has 0 aromatic heterocycles. The summed E-state index contributed by atoms with van der Waals surface area (Å²) in [5, 5.41) is 3.29. The second kappa shape index (κ2) is 6.26. The highest BCUT2D eigenvalue weighted by Gasteiger charge is 2.67. The molecule has 24 heavy (non-hydrogen) atoms. The molecule has 1 fully saturated rings. The molecule has 2 atom stereocenters. The van der Waals surface area contributed by atoms with E-state index >= 15 is 0 Å². The molecule has 0 heterocycles. The third-order valence-corrected chi connectivity index (χ3v) is 5.24. The van der Waals surface area contributed by atoms with Crippen LogP contribution in [-0.2, 0) is 4.79 Å². The van der Waals surface area contributed by atoms with Gasteiger partial charge in [-0.3, -0.25) is 4.79 Å². The molecule has 2 unspecified atom stereocenters. The molecular weight excluding hydrogens is 397 g/mol. The van der Waals surface area contributed by atoms with Crippen LogP contribution in [0.2, 0.25) is 10.0 Å². The first kappa shape index (κ1) is 17.6. The van der Waals surface area contributed by atoms with Gasteiger partial charge in [-0.05, 0) is 35.9 Å². The van der Waals surface area contributed by atoms with Crippen molar-refractivity contribution in [3.05, 3.63) is 57.8 Å². The number of halogens is 5. The predicted molar refractivity (Wildman–Crippen MR) is 96.6 cm³/mol. The zero-order valence-electron chi connectivity index (χ0n) is 12.0. The molecule has 3 N–H and O–H groups in total. The van der Waals surface area contributed by atoms with Crippen molar-refractivity contribution in [2.75, 3.05) is 11.1 Å². The number of nitrogen functional groups attached to an aromatic ring is 1. The van der Waals surface area contributed by atoms with Gasteiger partial charge in [0.1, 0.15) is 4.33 Å². The Bertz CT molecular complexity index is 807. The van der Waals surface area contributed by atoms with Gasteiger partial charge in [0.05, 0.1) is 17.3 Å². The molecule has 3 rings (SSSR count). The van der Waals surface area contributed by atoms with E-state index in [1.54, 1.807) is 18.2 Å². The summed E-state index contributed by atoms with van der Waals surface area (Å²) in [6.07, 6.45) is 0. The number of alkyl halides is 2. The van der Waals surface area contributed by atoms with Gasteiger partial charge in [0.2, 0.25) is 5.91 Å². The number of amides is 1. The van der Waals surface area contributed by atoms with Gasteiger partial charge in [0.15, 0.2) is 5.82 Å². The van der Waals surface area contributed by atoms with Crippen LogP contribution in [0.15, 0.2) is 36.4 Å². The third kappa shape index (κ3) is 3.16. The number of nitrogens with one attached hydrogen (secondary N) is 1. The fraction of sp³-hybridized carbons (Fsp3) is 0.188. The lowest BCUT2D eigenvalue weighted by Gasteiger charge is -2.07. The van der Waals surface area contributed by atoms with Crippen LogP contribution in [0.4, 0.5) is 15.8 Å². The van der Waals surface area contributed by atoms with Crippen molar-refractivity contribution < 1.29 is 9.18 Å². The minimum absolute atomic E-state index is 0.0288. The molecule has 1 aliphatic carbocycles. The fourth-order valence-electron chi connectivity index (χ4n) is 2.68. The SMILES string of the molecule is Nc1cccc(NC(=O)C2C(c3cc(Cl)cc(Cl)c3)C2(Cl)Cl)c1F. The second-order valence-corrected chi connectivity index (χ2v) is 7.85. The number of anilines is 2. The van der Waals surface area contributed by atoms with Crippen molar-refractivity contribution in [2.45, 2.75) is 10.3 Å². The predicted octanol–water partition coefficient (Wildman–Crippen LogP) is 5.24. The van der Waals surface area contributed by atoms with E-state index in [4.69, 9.17) is 52.1 Å². The smallest absolute Gasteiger partial charge is 0.231 e. The zero-order chi connectivity index (χ0) is 17.6. The van der Waals surface area contributed by atoms with Gasteiger partial charge in [-0.2, -0.15) is 0 Å². The minimum Gasteiger partial charge on any atom is -0.396 e. The number of hydrogen-bond donors (Lipinski definition) is 2. The lowest BCUT2D eigenvalue weighted by molar-refractivity contribution is -0.117. The molecule has 0 spiro atoms. The minimum atomic E-state index is -1.32. The normalized spacial score (nSPS) is 21.4. The standard InChI is InChI=1S/C16H11Cl4FN2O/c17-8-4-7(5-9(18)6-8)12-13(16(12,19)20)15(24)23-11-3-1-2-10(22)14(11)21/h1-6,12-13H,22H2,(H,23,24). The summed E-state index contributed by atoms with van der Waals surface area (Å²) in [6.45, 7) is 0. The van der Waals surface area contributed by atoms with Gasteiger partial charge in [-0.1, -0.05) is 29.3 Å². The number of hydrogen-bond acceptors (Lipinski definition) is 2. The van der Waals surface area contributed by atoms with Crippen molar-refractivity contribution in [1.29, 1.82) is 0 Å². The Morgan fingerprint density at radius 2 is 1.79 bits per heavy atom. The Kier molecular flexibility index (Phi) is 4.60. The van der Waals surface area contributed by atoms with E-state index in [9.17, 15) is 9.18 Å². The average Bonchev–Trinajstić information content (AvgIpc) is 3.05. The largest absolute Gasteiger partial charge is 0.396 e. The molecule has 2 aromatic carbocycles. The lowest BCUT2D eigenvalue weighted by atomic mass is 10.1. The van der Waals surface area contributed by atoms with E-state index in [2.05, 4.69) is 5.32 Å². The summed E-state index contributed by atoms with van der Waals surface area (Å²) in [4.78, 5) is 12.5. The van der Waals surface area contributed by atoms with Crippen LogP contribution in [-0.4, -0.2) is 10.2 Å². The van der Waals surface area contributed by atoms with Gasteiger partial charge in [-0.25, -0.2) is 4.39 Å². The summed E-state index contributed by atoms with van der Waals surface area (Å²) >= 11 is 24.4. The van der Waals surface area contributed by atoms with Crippen LogP contribution in [0.3, 0.4) is 0 Å². The number of nitrogens with two attached hydrogens (primary N) is 1. The van der Waals surface area contributed by atoms with Crippen molar-refractivity contribution in [3.8, 4) is 0 Å². The Hall–Kier alpha value is -1.20. The maximum Gasteiger partial charge on any atom is 0.231 e. The summed E-state index contributed by atoms with van der Waals surface area (Å²) in [5.74, 6) is -2.48. The van der Waals surface area contributed by atoms with Crippen molar-refractivity contribution >= 4 is 63.7 Å². The third-order valence-electron chi connectivity index (χ3n) is 3.87. The first-order valence-corrected chi connectivity index (χ1v) is 8.41. The highest BCUT2D eigenvalue weighted by molar-refractivity contribution is 6.53. The summed E-state index contributed by atoms with van der Waals surface area (Å²) in [6, 6.07) is 9.19. The van der Waals surface area contributed by atoms with E-state index in [-0.39, 0.29) is 11.4 Å². The summed E-state index contributed by atoms with van der Waals surface area (Å²) < 4.78 is 12.6. The highest BCUT2D eigenvalue weighted by atomic mass is 35.5. The molecule has 126 valence electrons. The Balaban J connectivity index is 1.84. The number of benzene rings is 2. The highest BCUT2D eigenvalue weighted by Crippen LogP contribution is 2.65. The second-order valence-electron chi connectivity index (χ2n) is 5.53. The fourth-order valence-corrected chi connectivity index (χ4v) is 4.05. The summed E-state index contributed by atoms with van der Waals surface area (Å²) in [7, 11) is 0. The van der Waals surface area contributed by atoms with Crippen molar-refractivity contribution in [2.24, 2.45) is 5.92 Å². The molecule has 1 saturated carbocycles. The van der Waals surface area contributed by atoms with Gasteiger partial charge in [0, 0.05) is 16.0 Å². The van der Waals surface area contributed by atoms with Gasteiger partial charge >= 0.3 is 0 Å². The first-order chi connectivity index (χ1) is 11.2. The van der Waals surface area contributed by atoms with Gasteiger partial charge in [-0.15, -0.1) is 23.2 Å². The van der Waals surface area contributed by atoms with E-state index in [1.165, 1.54) is 18.2 Å². The molecule has 0 bridgehead atoms. The Morgan fingerprint density at radius 1 is 1.17 bits per heavy atom. The Labute approximate surface area is 157 Å². The molecule has 0 saturated heterocycles. The van der Waals surface area contributed by atoms with E-state index in [0.29, 0.717) is 15.6 Å². The maximum absolute atomic E-state index is 13.9. The van der Waals surface area contributed by atoms with Crippen LogP contribution in [0.5, 0.6) is 0 Å². The van der Waals surface area contributed by atoms with E-state index in [0.717, 1.165) is 0 Å². The molecule has 0 aliphatic heterocycles. The monoisotopic (exact) mass is 406 g/mol. The molecular formula is C16H11Cl4FN2O. The van der Waals surface area contributed by atoms with Crippen LogP contribution in [0.25, 0.3) is 0 Å². The van der Waals surface area contributed by atoms with Crippen LogP contribution >= 0.6 is 46.4 Å². The quantitative estimate of drug-likeness (QED) is 0.539. The number of carbonyl (C=O) groups excluding carboxylic acids is 1. The first-order valence-electron chi connectivity index (χ1n) is 6.90. The molecule has 1 aliphatic rings. The molecule has 8 heteroatoms. The van der Waals surface area contributed by atoms with Gasteiger partial charge < -0.3 is 11.1 Å². The van der Waals surface area contributed by atoms with E-state index in [1.807, 2.05) is 0 Å². The lowest BCUT2D eigenvalue weighted by Crippen LogP contribution is -2.18. The molecule has 0 radical (unpaired) electrons. The average molecular weight is 408 g/mol. The van der Waals surface area contributed by atoms with E-state index < -0.39 is 27.9 Å². The molecule has 3 nitrogen and oxygen atoms in total. The molecule has 2 aromatic rings. The number of rotatable bonds is 3. The van der Waals surface area contributed by atoms with Crippen molar-refractivity contribution in [3.63, 3.8) is 0 Å². The molecule has 1 amide bonds.